The summed E-state index contributed by atoms with van der Waals surface area (Å²) in [5.41, 5.74) is 0.418. The maximum Gasteiger partial charge on any atom is 0.328 e. The van der Waals surface area contributed by atoms with E-state index >= 15 is 0 Å². The van der Waals surface area contributed by atoms with Gasteiger partial charge < -0.3 is 9.64 Å². The molecule has 0 saturated carbocycles. The number of aryl methyl sites for hydroxylation is 1. The molecule has 0 aromatic carbocycles. The molecule has 1 atom stereocenters. The van der Waals surface area contributed by atoms with Crippen LogP contribution in [-0.2, 0) is 20.9 Å². The second kappa shape index (κ2) is 8.09. The fourth-order valence-electron chi connectivity index (χ4n) is 3.25. The summed E-state index contributed by atoms with van der Waals surface area (Å²) in [6.07, 6.45) is 3.94. The number of esters is 1. The molecule has 1 aliphatic heterocycles. The van der Waals surface area contributed by atoms with Crippen LogP contribution in [0.4, 0.5) is 5.69 Å². The van der Waals surface area contributed by atoms with Gasteiger partial charge in [0.2, 0.25) is 0 Å². The summed E-state index contributed by atoms with van der Waals surface area (Å²) in [7, 11) is 0. The summed E-state index contributed by atoms with van der Waals surface area (Å²) in [6.45, 7) is 5.20. The first-order valence-corrected chi connectivity index (χ1v) is 8.48. The fourth-order valence-corrected chi connectivity index (χ4v) is 3.25. The van der Waals surface area contributed by atoms with Gasteiger partial charge >= 0.3 is 11.7 Å². The molecule has 2 rings (SSSR count). The number of amides is 1. The van der Waals surface area contributed by atoms with Gasteiger partial charge in [0.15, 0.2) is 6.61 Å². The van der Waals surface area contributed by atoms with E-state index in [1.54, 1.807) is 4.90 Å². The lowest BCUT2D eigenvalue weighted by Gasteiger charge is -2.35. The minimum absolute atomic E-state index is 0.108. The molecule has 2 heterocycles. The van der Waals surface area contributed by atoms with Crippen LogP contribution in [0.5, 0.6) is 0 Å². The fraction of sp³-hybridized carbons (Fsp3) is 0.688. The molecule has 9 nitrogen and oxygen atoms in total. The highest BCUT2D eigenvalue weighted by atomic mass is 16.6. The molecule has 9 heteroatoms. The Bertz CT molecular complexity index is 670. The number of nitro groups is 1. The second-order valence-electron chi connectivity index (χ2n) is 6.24. The average molecular weight is 352 g/mol. The Balaban J connectivity index is 1.91. The zero-order valence-electron chi connectivity index (χ0n) is 14.9. The van der Waals surface area contributed by atoms with Crippen LogP contribution in [0.15, 0.2) is 0 Å². The van der Waals surface area contributed by atoms with Crippen LogP contribution < -0.4 is 0 Å². The van der Waals surface area contributed by atoms with Gasteiger partial charge in [0, 0.05) is 12.6 Å². The van der Waals surface area contributed by atoms with Crippen molar-refractivity contribution in [2.45, 2.75) is 59.0 Å². The lowest BCUT2D eigenvalue weighted by Crippen LogP contribution is -2.45. The lowest BCUT2D eigenvalue weighted by atomic mass is 10.00. The molecule has 1 amide bonds. The van der Waals surface area contributed by atoms with E-state index in [0.29, 0.717) is 6.54 Å². The van der Waals surface area contributed by atoms with E-state index in [2.05, 4.69) is 5.10 Å². The molecule has 1 aromatic heterocycles. The highest BCUT2D eigenvalue weighted by molar-refractivity contribution is 5.81. The van der Waals surface area contributed by atoms with E-state index in [9.17, 15) is 19.7 Å². The van der Waals surface area contributed by atoms with Gasteiger partial charge in [0.1, 0.15) is 17.9 Å². The van der Waals surface area contributed by atoms with Crippen LogP contribution >= 0.6 is 0 Å². The zero-order valence-corrected chi connectivity index (χ0v) is 14.9. The maximum absolute atomic E-state index is 12.3. The van der Waals surface area contributed by atoms with Crippen molar-refractivity contribution in [1.29, 1.82) is 0 Å². The third kappa shape index (κ3) is 4.34. The molecular formula is C16H24N4O5. The number of nitrogens with zero attached hydrogens (tertiary/aromatic N) is 4. The van der Waals surface area contributed by atoms with Crippen LogP contribution in [0.1, 0.15) is 44.0 Å². The molecule has 0 N–H and O–H groups in total. The molecule has 0 unspecified atom stereocenters. The predicted octanol–water partition coefficient (Wildman–Crippen LogP) is 1.74. The largest absolute Gasteiger partial charge is 0.454 e. The Hall–Kier alpha value is -2.45. The Morgan fingerprint density at radius 2 is 2.08 bits per heavy atom. The number of hydrogen-bond donors (Lipinski definition) is 0. The van der Waals surface area contributed by atoms with Crippen molar-refractivity contribution >= 4 is 17.6 Å². The van der Waals surface area contributed by atoms with E-state index in [4.69, 9.17) is 4.74 Å². The minimum Gasteiger partial charge on any atom is -0.454 e. The van der Waals surface area contributed by atoms with Gasteiger partial charge in [-0.3, -0.25) is 24.4 Å². The molecule has 0 bridgehead atoms. The topological polar surface area (TPSA) is 108 Å². The molecule has 1 aromatic rings. The molecular weight excluding hydrogens is 328 g/mol. The third-order valence-corrected chi connectivity index (χ3v) is 4.58. The van der Waals surface area contributed by atoms with Crippen molar-refractivity contribution in [1.82, 2.24) is 14.7 Å². The summed E-state index contributed by atoms with van der Waals surface area (Å²) in [5, 5.41) is 15.0. The van der Waals surface area contributed by atoms with E-state index < -0.39 is 10.9 Å². The van der Waals surface area contributed by atoms with Crippen molar-refractivity contribution < 1.29 is 19.2 Å². The van der Waals surface area contributed by atoms with Crippen molar-refractivity contribution in [2.75, 3.05) is 13.2 Å². The molecule has 25 heavy (non-hydrogen) atoms. The van der Waals surface area contributed by atoms with Gasteiger partial charge in [-0.25, -0.2) is 0 Å². The number of piperidine rings is 1. The van der Waals surface area contributed by atoms with Crippen LogP contribution in [0.25, 0.3) is 0 Å². The standard InChI is InChI=1S/C16H24N4O5/c1-4-13-7-5-6-8-18(13)14(21)10-25-15(22)9-19-12(3)16(20(23)24)11(2)17-19/h13H,4-10H2,1-3H3/t13-/m1/s1. The summed E-state index contributed by atoms with van der Waals surface area (Å²) < 4.78 is 6.29. The van der Waals surface area contributed by atoms with Crippen molar-refractivity contribution in [3.05, 3.63) is 21.5 Å². The number of carbonyl (C=O) groups excluding carboxylic acids is 2. The number of hydrogen-bond acceptors (Lipinski definition) is 6. The lowest BCUT2D eigenvalue weighted by molar-refractivity contribution is -0.386. The van der Waals surface area contributed by atoms with Gasteiger partial charge in [-0.2, -0.15) is 5.10 Å². The van der Waals surface area contributed by atoms with Crippen LogP contribution in [0.2, 0.25) is 0 Å². The van der Waals surface area contributed by atoms with Gasteiger partial charge in [-0.1, -0.05) is 6.92 Å². The average Bonchev–Trinajstić information content (AvgIpc) is 2.86. The van der Waals surface area contributed by atoms with Gasteiger partial charge in [-0.05, 0) is 39.5 Å². The first-order valence-electron chi connectivity index (χ1n) is 8.48. The summed E-state index contributed by atoms with van der Waals surface area (Å²) in [6, 6.07) is 0.207. The molecule has 1 aliphatic rings. The normalized spacial score (nSPS) is 17.4. The number of carbonyl (C=O) groups is 2. The Labute approximate surface area is 146 Å². The first-order chi connectivity index (χ1) is 11.8. The van der Waals surface area contributed by atoms with Gasteiger partial charge in [0.25, 0.3) is 5.91 Å². The van der Waals surface area contributed by atoms with E-state index in [1.807, 2.05) is 6.92 Å². The van der Waals surface area contributed by atoms with E-state index in [-0.39, 0.29) is 42.2 Å². The summed E-state index contributed by atoms with van der Waals surface area (Å²) >= 11 is 0. The van der Waals surface area contributed by atoms with Crippen molar-refractivity contribution in [3.8, 4) is 0 Å². The van der Waals surface area contributed by atoms with E-state index in [1.165, 1.54) is 18.5 Å². The highest BCUT2D eigenvalue weighted by Gasteiger charge is 2.27. The molecule has 0 aliphatic carbocycles. The zero-order chi connectivity index (χ0) is 18.6. The highest BCUT2D eigenvalue weighted by Crippen LogP contribution is 2.22. The molecule has 0 spiro atoms. The second-order valence-corrected chi connectivity index (χ2v) is 6.24. The SMILES string of the molecule is CC[C@@H]1CCCCN1C(=O)COC(=O)Cn1nc(C)c([N+](=O)[O-])c1C. The minimum atomic E-state index is -0.640. The first kappa shape index (κ1) is 18.9. The quantitative estimate of drug-likeness (QED) is 0.438. The van der Waals surface area contributed by atoms with Gasteiger partial charge in [-0.15, -0.1) is 0 Å². The van der Waals surface area contributed by atoms with Crippen LogP contribution in [-0.4, -0.2) is 50.7 Å². The number of rotatable bonds is 6. The monoisotopic (exact) mass is 352 g/mol. The molecule has 1 fully saturated rings. The van der Waals surface area contributed by atoms with Gasteiger partial charge in [0.05, 0.1) is 4.92 Å². The van der Waals surface area contributed by atoms with Crippen molar-refractivity contribution in [2.24, 2.45) is 0 Å². The number of ether oxygens (including phenoxy) is 1. The van der Waals surface area contributed by atoms with Crippen LogP contribution in [0.3, 0.4) is 0 Å². The predicted molar refractivity (Wildman–Crippen MR) is 89.0 cm³/mol. The van der Waals surface area contributed by atoms with E-state index in [0.717, 1.165) is 25.7 Å². The third-order valence-electron chi connectivity index (χ3n) is 4.58. The smallest absolute Gasteiger partial charge is 0.328 e. The van der Waals surface area contributed by atoms with Crippen LogP contribution in [0, 0.1) is 24.0 Å². The summed E-state index contributed by atoms with van der Waals surface area (Å²) in [4.78, 5) is 36.5. The molecule has 138 valence electrons. The number of aromatic nitrogens is 2. The van der Waals surface area contributed by atoms with Crippen molar-refractivity contribution in [3.63, 3.8) is 0 Å². The Morgan fingerprint density at radius 1 is 1.36 bits per heavy atom. The Kier molecular flexibility index (Phi) is 6.11. The summed E-state index contributed by atoms with van der Waals surface area (Å²) in [5.74, 6) is -0.835. The Morgan fingerprint density at radius 3 is 2.68 bits per heavy atom. The number of likely N-dealkylation sites (tertiary alicyclic amines) is 1. The molecule has 0 radical (unpaired) electrons. The maximum atomic E-state index is 12.3. The molecule has 1 saturated heterocycles.